The monoisotopic (exact) mass is 356 g/mol. The molecule has 0 aliphatic heterocycles. The van der Waals surface area contributed by atoms with Crippen LogP contribution in [0.1, 0.15) is 6.92 Å². The minimum Gasteiger partial charge on any atom is -0.481 e. The molecule has 2 N–H and O–H groups in total. The van der Waals surface area contributed by atoms with E-state index in [1.165, 1.54) is 6.92 Å². The number of aliphatic carboxylic acids is 1. The van der Waals surface area contributed by atoms with Gasteiger partial charge in [0.1, 0.15) is 14.9 Å². The summed E-state index contributed by atoms with van der Waals surface area (Å²) in [6.07, 6.45) is 0. The van der Waals surface area contributed by atoms with Crippen molar-refractivity contribution in [3.8, 4) is 0 Å². The number of hydrogen-bond donors (Lipinski definition) is 2. The third kappa shape index (κ3) is 4.03. The van der Waals surface area contributed by atoms with Crippen molar-refractivity contribution in [2.24, 2.45) is 5.92 Å². The molecule has 0 saturated carbocycles. The first-order chi connectivity index (χ1) is 9.58. The molecule has 8 nitrogen and oxygen atoms in total. The van der Waals surface area contributed by atoms with E-state index in [0.29, 0.717) is 0 Å². The topological polar surface area (TPSA) is 127 Å². The number of hydrogen-bond acceptors (Lipinski definition) is 5. The van der Waals surface area contributed by atoms with Crippen LogP contribution < -0.4 is 4.72 Å². The van der Waals surface area contributed by atoms with Gasteiger partial charge in [-0.2, -0.15) is 0 Å². The highest BCUT2D eigenvalue weighted by Gasteiger charge is 2.28. The Labute approximate surface area is 129 Å². The third-order valence-electron chi connectivity index (χ3n) is 2.50. The van der Waals surface area contributed by atoms with E-state index in [0.717, 1.165) is 12.1 Å². The zero-order valence-electron chi connectivity index (χ0n) is 10.5. The van der Waals surface area contributed by atoms with Crippen molar-refractivity contribution in [3.05, 3.63) is 32.3 Å². The fraction of sp³-hybridized carbons (Fsp3) is 0.300. The van der Waals surface area contributed by atoms with Gasteiger partial charge in [-0.15, -0.1) is 0 Å². The fourth-order valence-corrected chi connectivity index (χ4v) is 3.32. The number of carbonyl (C=O) groups is 1. The highest BCUT2D eigenvalue weighted by Crippen LogP contribution is 2.36. The van der Waals surface area contributed by atoms with Gasteiger partial charge in [0.2, 0.25) is 10.0 Å². The molecular weight excluding hydrogens is 347 g/mol. The minimum absolute atomic E-state index is 0.303. The van der Waals surface area contributed by atoms with Gasteiger partial charge in [0.15, 0.2) is 0 Å². The molecule has 1 unspecified atom stereocenters. The lowest BCUT2D eigenvalue weighted by atomic mass is 10.2. The summed E-state index contributed by atoms with van der Waals surface area (Å²) < 4.78 is 26.0. The molecule has 116 valence electrons. The summed E-state index contributed by atoms with van der Waals surface area (Å²) in [6.45, 7) is 0.918. The maximum absolute atomic E-state index is 12.0. The van der Waals surface area contributed by atoms with E-state index in [1.54, 1.807) is 0 Å². The molecule has 21 heavy (non-hydrogen) atoms. The predicted molar refractivity (Wildman–Crippen MR) is 75.1 cm³/mol. The second-order valence-electron chi connectivity index (χ2n) is 4.06. The van der Waals surface area contributed by atoms with Crippen molar-refractivity contribution >= 4 is 44.9 Å². The van der Waals surface area contributed by atoms with Crippen LogP contribution in [0.15, 0.2) is 17.0 Å². The van der Waals surface area contributed by atoms with Crippen LogP contribution in [0.25, 0.3) is 0 Å². The van der Waals surface area contributed by atoms with Crippen LogP contribution in [0, 0.1) is 16.0 Å². The van der Waals surface area contributed by atoms with Gasteiger partial charge in [0, 0.05) is 6.54 Å². The Morgan fingerprint density at radius 2 is 2.05 bits per heavy atom. The lowest BCUT2D eigenvalue weighted by Crippen LogP contribution is -2.31. The molecule has 0 amide bonds. The lowest BCUT2D eigenvalue weighted by molar-refractivity contribution is -0.384. The highest BCUT2D eigenvalue weighted by molar-refractivity contribution is 7.89. The Kier molecular flexibility index (Phi) is 5.51. The van der Waals surface area contributed by atoms with E-state index < -0.39 is 42.4 Å². The first-order valence-corrected chi connectivity index (χ1v) is 7.66. The Balaban J connectivity index is 3.18. The maximum atomic E-state index is 12.0. The van der Waals surface area contributed by atoms with Gasteiger partial charge >= 0.3 is 11.7 Å². The molecule has 1 aromatic carbocycles. The van der Waals surface area contributed by atoms with Crippen molar-refractivity contribution in [1.82, 2.24) is 4.72 Å². The number of carboxylic acids is 1. The average molecular weight is 357 g/mol. The standard InChI is InChI=1S/C10H10Cl2N2O6S/c1-5(10(15)16)4-13-21(19,20)7-3-2-6(11)9(8(7)12)14(17)18/h2-3,5,13H,4H2,1H3,(H,15,16). The molecule has 1 aromatic rings. The third-order valence-corrected chi connectivity index (χ3v) is 4.77. The van der Waals surface area contributed by atoms with Crippen LogP contribution in [-0.2, 0) is 14.8 Å². The Morgan fingerprint density at radius 3 is 2.52 bits per heavy atom. The number of nitro groups is 1. The van der Waals surface area contributed by atoms with E-state index in [2.05, 4.69) is 0 Å². The summed E-state index contributed by atoms with van der Waals surface area (Å²) in [4.78, 5) is 20.0. The van der Waals surface area contributed by atoms with Gasteiger partial charge in [-0.3, -0.25) is 14.9 Å². The molecule has 0 heterocycles. The van der Waals surface area contributed by atoms with E-state index in [-0.39, 0.29) is 11.6 Å². The first-order valence-electron chi connectivity index (χ1n) is 5.42. The summed E-state index contributed by atoms with van der Waals surface area (Å²) in [5.74, 6) is -2.16. The number of benzene rings is 1. The molecule has 0 saturated heterocycles. The van der Waals surface area contributed by atoms with Crippen molar-refractivity contribution in [2.75, 3.05) is 6.54 Å². The normalized spacial score (nSPS) is 12.9. The second kappa shape index (κ2) is 6.56. The molecule has 0 radical (unpaired) electrons. The molecule has 0 fully saturated rings. The number of carboxylic acid groups (broad SMARTS) is 1. The zero-order chi connectivity index (χ0) is 16.4. The Morgan fingerprint density at radius 1 is 1.48 bits per heavy atom. The molecule has 11 heteroatoms. The van der Waals surface area contributed by atoms with Crippen molar-refractivity contribution < 1.29 is 23.2 Å². The van der Waals surface area contributed by atoms with E-state index in [1.807, 2.05) is 4.72 Å². The number of nitrogens with one attached hydrogen (secondary N) is 1. The van der Waals surface area contributed by atoms with E-state index in [9.17, 15) is 23.3 Å². The van der Waals surface area contributed by atoms with Crippen LogP contribution in [0.3, 0.4) is 0 Å². The molecule has 0 aliphatic rings. The summed E-state index contributed by atoms with van der Waals surface area (Å²) in [5.41, 5.74) is -0.729. The molecule has 1 rings (SSSR count). The summed E-state index contributed by atoms with van der Waals surface area (Å²) in [6, 6.07) is 2.03. The van der Waals surface area contributed by atoms with Crippen molar-refractivity contribution in [1.29, 1.82) is 0 Å². The van der Waals surface area contributed by atoms with Gasteiger partial charge in [-0.1, -0.05) is 30.1 Å². The van der Waals surface area contributed by atoms with Crippen molar-refractivity contribution in [2.45, 2.75) is 11.8 Å². The molecule has 1 atom stereocenters. The summed E-state index contributed by atoms with van der Waals surface area (Å²) >= 11 is 11.3. The smallest absolute Gasteiger partial charge is 0.307 e. The number of halogens is 2. The van der Waals surface area contributed by atoms with Crippen LogP contribution in [-0.4, -0.2) is 31.0 Å². The number of sulfonamides is 1. The highest BCUT2D eigenvalue weighted by atomic mass is 35.5. The number of nitro benzene ring substituents is 1. The van der Waals surface area contributed by atoms with Crippen LogP contribution in [0.5, 0.6) is 0 Å². The van der Waals surface area contributed by atoms with Crippen molar-refractivity contribution in [3.63, 3.8) is 0 Å². The summed E-state index contributed by atoms with van der Waals surface area (Å²) in [7, 11) is -4.20. The van der Waals surface area contributed by atoms with Crippen LogP contribution in [0.4, 0.5) is 5.69 Å². The molecule has 0 aromatic heterocycles. The predicted octanol–water partition coefficient (Wildman–Crippen LogP) is 1.90. The quantitative estimate of drug-likeness (QED) is 0.591. The first kappa shape index (κ1) is 17.6. The SMILES string of the molecule is CC(CNS(=O)(=O)c1ccc(Cl)c([N+](=O)[O-])c1Cl)C(=O)O. The fourth-order valence-electron chi connectivity index (χ4n) is 1.30. The maximum Gasteiger partial charge on any atom is 0.307 e. The van der Waals surface area contributed by atoms with Gasteiger partial charge < -0.3 is 5.11 Å². The van der Waals surface area contributed by atoms with Gasteiger partial charge in [-0.05, 0) is 12.1 Å². The van der Waals surface area contributed by atoms with E-state index in [4.69, 9.17) is 28.3 Å². The largest absolute Gasteiger partial charge is 0.481 e. The van der Waals surface area contributed by atoms with Gasteiger partial charge in [0.25, 0.3) is 0 Å². The zero-order valence-corrected chi connectivity index (χ0v) is 12.9. The van der Waals surface area contributed by atoms with Gasteiger partial charge in [0.05, 0.1) is 10.8 Å². The van der Waals surface area contributed by atoms with E-state index >= 15 is 0 Å². The second-order valence-corrected chi connectivity index (χ2v) is 6.58. The molecular formula is C10H10Cl2N2O6S. The van der Waals surface area contributed by atoms with Gasteiger partial charge in [-0.25, -0.2) is 13.1 Å². The summed E-state index contributed by atoms with van der Waals surface area (Å²) in [5, 5.41) is 18.6. The Hall–Kier alpha value is -1.42. The average Bonchev–Trinajstić information content (AvgIpc) is 2.35. The minimum atomic E-state index is -4.20. The lowest BCUT2D eigenvalue weighted by Gasteiger charge is -2.11. The van der Waals surface area contributed by atoms with Crippen LogP contribution >= 0.6 is 23.2 Å². The molecule has 0 bridgehead atoms. The number of rotatable bonds is 6. The molecule has 0 spiro atoms. The Bertz CT molecular complexity index is 691. The van der Waals surface area contributed by atoms with Crippen LogP contribution in [0.2, 0.25) is 10.0 Å². The number of nitrogens with zero attached hydrogens (tertiary/aromatic N) is 1. The molecule has 0 aliphatic carbocycles.